The van der Waals surface area contributed by atoms with Crippen LogP contribution in [0.3, 0.4) is 0 Å². The van der Waals surface area contributed by atoms with Crippen LogP contribution in [-0.4, -0.2) is 57.0 Å². The topological polar surface area (TPSA) is 79.0 Å². The van der Waals surface area contributed by atoms with Gasteiger partial charge in [-0.3, -0.25) is 14.4 Å². The summed E-state index contributed by atoms with van der Waals surface area (Å²) < 4.78 is 5.02. The normalized spacial score (nSPS) is 10.3. The minimum atomic E-state index is -0.675. The number of carbonyl (C=O) groups excluding carboxylic acids is 3. The fourth-order valence-electron chi connectivity index (χ4n) is 3.26. The average Bonchev–Trinajstić information content (AvgIpc) is 2.86. The number of benzene rings is 3. The number of hydrogen-bond acceptors (Lipinski definition) is 5. The maximum absolute atomic E-state index is 12.3. The number of nitrogens with zero attached hydrogens (tertiary/aromatic N) is 2. The number of likely N-dealkylation sites (N-methyl/N-ethyl adjacent to an activating group) is 1. The highest BCUT2D eigenvalue weighted by Crippen LogP contribution is 2.19. The quantitative estimate of drug-likeness (QED) is 0.497. The fraction of sp³-hybridized carbons (Fsp3) is 0.222. The summed E-state index contributed by atoms with van der Waals surface area (Å²) in [4.78, 5) is 40.1. The number of anilines is 1. The van der Waals surface area contributed by atoms with Crippen LogP contribution in [0.5, 0.6) is 0 Å². The molecule has 0 unspecified atom stereocenters. The van der Waals surface area contributed by atoms with Crippen LogP contribution in [0.15, 0.2) is 78.9 Å². The summed E-state index contributed by atoms with van der Waals surface area (Å²) in [6, 6.07) is 24.8. The van der Waals surface area contributed by atoms with Crippen LogP contribution in [0.1, 0.15) is 15.9 Å². The first-order valence-corrected chi connectivity index (χ1v) is 10.9. The Labute approximate surface area is 199 Å². The van der Waals surface area contributed by atoms with E-state index in [0.717, 1.165) is 22.4 Å². The molecule has 0 saturated heterocycles. The predicted molar refractivity (Wildman–Crippen MR) is 132 cm³/mol. The Morgan fingerprint density at radius 1 is 0.794 bits per heavy atom. The van der Waals surface area contributed by atoms with Gasteiger partial charge in [0.25, 0.3) is 11.8 Å². The molecule has 0 aliphatic heterocycles. The van der Waals surface area contributed by atoms with Crippen molar-refractivity contribution in [3.63, 3.8) is 0 Å². The molecule has 7 heteroatoms. The number of nitrogens with one attached hydrogen (secondary N) is 1. The zero-order chi connectivity index (χ0) is 24.5. The number of carbonyl (C=O) groups is 3. The highest BCUT2D eigenvalue weighted by molar-refractivity contribution is 5.96. The van der Waals surface area contributed by atoms with Gasteiger partial charge in [0.1, 0.15) is 6.54 Å². The Morgan fingerprint density at radius 3 is 2.03 bits per heavy atom. The van der Waals surface area contributed by atoms with Crippen molar-refractivity contribution >= 4 is 23.5 Å². The van der Waals surface area contributed by atoms with Gasteiger partial charge in [0.05, 0.1) is 0 Å². The van der Waals surface area contributed by atoms with Crippen molar-refractivity contribution in [3.8, 4) is 11.1 Å². The van der Waals surface area contributed by atoms with Crippen LogP contribution >= 0.6 is 0 Å². The zero-order valence-electron chi connectivity index (χ0n) is 19.7. The molecule has 0 aliphatic rings. The van der Waals surface area contributed by atoms with E-state index >= 15 is 0 Å². The summed E-state index contributed by atoms with van der Waals surface area (Å²) in [5, 5.41) is 2.52. The Hall–Kier alpha value is -4.13. The highest BCUT2D eigenvalue weighted by atomic mass is 16.5. The lowest BCUT2D eigenvalue weighted by Crippen LogP contribution is -2.34. The van der Waals surface area contributed by atoms with Crippen molar-refractivity contribution in [2.75, 3.05) is 39.2 Å². The third-order valence-electron chi connectivity index (χ3n) is 5.30. The predicted octanol–water partition coefficient (Wildman–Crippen LogP) is 3.35. The second kappa shape index (κ2) is 11.7. The Morgan fingerprint density at radius 2 is 1.41 bits per heavy atom. The van der Waals surface area contributed by atoms with E-state index in [1.807, 2.05) is 85.7 Å². The fourth-order valence-corrected chi connectivity index (χ4v) is 3.26. The number of hydrogen-bond donors (Lipinski definition) is 1. The molecule has 34 heavy (non-hydrogen) atoms. The first-order valence-electron chi connectivity index (χ1n) is 10.9. The van der Waals surface area contributed by atoms with Crippen molar-refractivity contribution in [3.05, 3.63) is 90.0 Å². The van der Waals surface area contributed by atoms with Crippen LogP contribution in [0, 0.1) is 0 Å². The molecular weight excluding hydrogens is 430 g/mol. The van der Waals surface area contributed by atoms with Crippen LogP contribution < -0.4 is 10.2 Å². The van der Waals surface area contributed by atoms with E-state index < -0.39 is 5.97 Å². The molecule has 0 heterocycles. The second-order valence-corrected chi connectivity index (χ2v) is 8.10. The van der Waals surface area contributed by atoms with Gasteiger partial charge in [0, 0.05) is 38.9 Å². The summed E-state index contributed by atoms with van der Waals surface area (Å²) in [5.41, 5.74) is 4.52. The Balaban J connectivity index is 1.41. The number of rotatable bonds is 9. The molecule has 3 rings (SSSR count). The smallest absolute Gasteiger partial charge is 0.325 e. The Kier molecular flexibility index (Phi) is 8.40. The average molecular weight is 460 g/mol. The molecular formula is C27H29N3O4. The molecule has 0 radical (unpaired) electrons. The molecule has 0 atom stereocenters. The third-order valence-corrected chi connectivity index (χ3v) is 5.30. The molecule has 1 N–H and O–H groups in total. The maximum Gasteiger partial charge on any atom is 0.325 e. The molecule has 176 valence electrons. The van der Waals surface area contributed by atoms with E-state index in [1.54, 1.807) is 19.2 Å². The molecule has 3 aromatic carbocycles. The minimum Gasteiger partial charge on any atom is -0.454 e. The summed E-state index contributed by atoms with van der Waals surface area (Å²) in [6.07, 6.45) is 0. The van der Waals surface area contributed by atoms with Crippen molar-refractivity contribution in [2.45, 2.75) is 6.54 Å². The standard InChI is InChI=1S/C27H29N3O4/c1-29(2)24-15-9-20(10-16-24)18-30(3)25(31)19-34-26(32)17-28-27(33)23-13-11-22(12-14-23)21-7-5-4-6-8-21/h4-16H,17-19H2,1-3H3,(H,28,33). The zero-order valence-corrected chi connectivity index (χ0v) is 19.7. The molecule has 3 aromatic rings. The SMILES string of the molecule is CN(Cc1ccc(N(C)C)cc1)C(=O)COC(=O)CNC(=O)c1ccc(-c2ccccc2)cc1. The van der Waals surface area contributed by atoms with Crippen LogP contribution in [0.2, 0.25) is 0 Å². The molecule has 0 fully saturated rings. The van der Waals surface area contributed by atoms with Gasteiger partial charge in [-0.2, -0.15) is 0 Å². The van der Waals surface area contributed by atoms with E-state index in [0.29, 0.717) is 12.1 Å². The lowest BCUT2D eigenvalue weighted by Gasteiger charge is -2.18. The van der Waals surface area contributed by atoms with Gasteiger partial charge in [0.15, 0.2) is 6.61 Å². The molecule has 0 saturated carbocycles. The second-order valence-electron chi connectivity index (χ2n) is 8.10. The van der Waals surface area contributed by atoms with Gasteiger partial charge in [0.2, 0.25) is 0 Å². The van der Waals surface area contributed by atoms with E-state index in [9.17, 15) is 14.4 Å². The van der Waals surface area contributed by atoms with E-state index in [-0.39, 0.29) is 25.0 Å². The van der Waals surface area contributed by atoms with Crippen molar-refractivity contribution in [1.29, 1.82) is 0 Å². The first-order chi connectivity index (χ1) is 16.3. The summed E-state index contributed by atoms with van der Waals surface area (Å²) in [5.74, 6) is -1.39. The Bertz CT molecular complexity index is 1110. The number of ether oxygens (including phenoxy) is 1. The van der Waals surface area contributed by atoms with Crippen molar-refractivity contribution in [2.24, 2.45) is 0 Å². The van der Waals surface area contributed by atoms with Crippen LogP contribution in [0.25, 0.3) is 11.1 Å². The summed E-state index contributed by atoms with van der Waals surface area (Å²) >= 11 is 0. The number of amides is 2. The first kappa shape index (κ1) is 24.5. The lowest BCUT2D eigenvalue weighted by atomic mass is 10.0. The maximum atomic E-state index is 12.3. The van der Waals surface area contributed by atoms with Gasteiger partial charge in [-0.25, -0.2) is 0 Å². The van der Waals surface area contributed by atoms with Crippen LogP contribution in [-0.2, 0) is 20.9 Å². The van der Waals surface area contributed by atoms with E-state index in [2.05, 4.69) is 5.32 Å². The van der Waals surface area contributed by atoms with E-state index in [1.165, 1.54) is 4.90 Å². The van der Waals surface area contributed by atoms with Crippen molar-refractivity contribution in [1.82, 2.24) is 10.2 Å². The summed E-state index contributed by atoms with van der Waals surface area (Å²) in [6.45, 7) is -0.297. The molecule has 7 nitrogen and oxygen atoms in total. The van der Waals surface area contributed by atoms with Crippen molar-refractivity contribution < 1.29 is 19.1 Å². The van der Waals surface area contributed by atoms with E-state index in [4.69, 9.17) is 4.74 Å². The van der Waals surface area contributed by atoms with Gasteiger partial charge < -0.3 is 19.9 Å². The molecule has 2 amide bonds. The minimum absolute atomic E-state index is 0.317. The summed E-state index contributed by atoms with van der Waals surface area (Å²) in [7, 11) is 5.57. The number of esters is 1. The molecule has 0 aromatic heterocycles. The largest absolute Gasteiger partial charge is 0.454 e. The molecule has 0 spiro atoms. The van der Waals surface area contributed by atoms with Gasteiger partial charge >= 0.3 is 5.97 Å². The van der Waals surface area contributed by atoms with Gasteiger partial charge in [-0.1, -0.05) is 54.6 Å². The highest BCUT2D eigenvalue weighted by Gasteiger charge is 2.14. The van der Waals surface area contributed by atoms with Crippen LogP contribution in [0.4, 0.5) is 5.69 Å². The third kappa shape index (κ3) is 6.93. The van der Waals surface area contributed by atoms with Gasteiger partial charge in [-0.15, -0.1) is 0 Å². The molecule has 0 aliphatic carbocycles. The monoisotopic (exact) mass is 459 g/mol. The lowest BCUT2D eigenvalue weighted by molar-refractivity contribution is -0.150. The molecule has 0 bridgehead atoms. The van der Waals surface area contributed by atoms with Gasteiger partial charge in [-0.05, 0) is 41.0 Å².